The van der Waals surface area contributed by atoms with Gasteiger partial charge in [0.25, 0.3) is 0 Å². The molecule has 1 aromatic rings. The maximum atomic E-state index is 13.7. The van der Waals surface area contributed by atoms with Crippen LogP contribution in [0.15, 0.2) is 12.1 Å². The second kappa shape index (κ2) is 5.95. The number of aliphatic carboxylic acids is 1. The Bertz CT molecular complexity index is 425. The molecule has 0 amide bonds. The van der Waals surface area contributed by atoms with E-state index < -0.39 is 17.7 Å². The third-order valence-electron chi connectivity index (χ3n) is 2.34. The van der Waals surface area contributed by atoms with E-state index in [4.69, 9.17) is 27.2 Å². The molecule has 0 heterocycles. The number of benzene rings is 1. The Kier molecular flexibility index (Phi) is 4.86. The third kappa shape index (κ3) is 3.15. The number of halogens is 2. The fourth-order valence-corrected chi connectivity index (χ4v) is 1.78. The minimum Gasteiger partial charge on any atom is -0.481 e. The van der Waals surface area contributed by atoms with Crippen molar-refractivity contribution in [1.82, 2.24) is 0 Å². The minimum atomic E-state index is -1.18. The molecule has 0 spiro atoms. The van der Waals surface area contributed by atoms with Gasteiger partial charge in [0.05, 0.1) is 17.5 Å². The molecule has 94 valence electrons. The van der Waals surface area contributed by atoms with Gasteiger partial charge in [-0.1, -0.05) is 11.6 Å². The Morgan fingerprint density at radius 2 is 2.29 bits per heavy atom. The highest BCUT2D eigenvalue weighted by atomic mass is 35.5. The van der Waals surface area contributed by atoms with Crippen molar-refractivity contribution in [3.8, 4) is 0 Å². The Balaban J connectivity index is 3.25. The molecule has 0 aromatic heterocycles. The van der Waals surface area contributed by atoms with Gasteiger partial charge >= 0.3 is 5.97 Å². The van der Waals surface area contributed by atoms with E-state index >= 15 is 0 Å². The molecule has 3 N–H and O–H groups in total. The van der Waals surface area contributed by atoms with Crippen molar-refractivity contribution in [1.29, 1.82) is 0 Å². The summed E-state index contributed by atoms with van der Waals surface area (Å²) in [5, 5.41) is 8.81. The fraction of sp³-hybridized carbons (Fsp3) is 0.364. The zero-order valence-corrected chi connectivity index (χ0v) is 10.00. The van der Waals surface area contributed by atoms with Crippen LogP contribution < -0.4 is 5.73 Å². The average molecular weight is 262 g/mol. The first kappa shape index (κ1) is 13.9. The van der Waals surface area contributed by atoms with E-state index in [-0.39, 0.29) is 23.7 Å². The molecule has 0 fully saturated rings. The lowest BCUT2D eigenvalue weighted by Gasteiger charge is -2.13. The molecule has 0 aliphatic heterocycles. The van der Waals surface area contributed by atoms with Crippen LogP contribution in [-0.2, 0) is 16.1 Å². The average Bonchev–Trinajstić information content (AvgIpc) is 2.25. The van der Waals surface area contributed by atoms with Crippen molar-refractivity contribution < 1.29 is 19.0 Å². The van der Waals surface area contributed by atoms with E-state index in [1.165, 1.54) is 19.2 Å². The van der Waals surface area contributed by atoms with Crippen LogP contribution in [0, 0.1) is 5.82 Å². The molecule has 0 aliphatic rings. The zero-order valence-electron chi connectivity index (χ0n) is 9.24. The van der Waals surface area contributed by atoms with Crippen LogP contribution >= 0.6 is 11.6 Å². The van der Waals surface area contributed by atoms with Gasteiger partial charge in [0.1, 0.15) is 5.82 Å². The van der Waals surface area contributed by atoms with Crippen molar-refractivity contribution in [2.45, 2.75) is 12.5 Å². The number of methoxy groups -OCH3 is 1. The van der Waals surface area contributed by atoms with Gasteiger partial charge in [-0.15, -0.1) is 0 Å². The summed E-state index contributed by atoms with van der Waals surface area (Å²) in [6.45, 7) is 0.0307. The smallest absolute Gasteiger partial charge is 0.312 e. The van der Waals surface area contributed by atoms with Crippen molar-refractivity contribution in [2.24, 2.45) is 5.73 Å². The van der Waals surface area contributed by atoms with E-state index in [0.29, 0.717) is 5.56 Å². The number of carbonyl (C=O) groups is 1. The van der Waals surface area contributed by atoms with E-state index in [1.54, 1.807) is 0 Å². The first-order valence-corrected chi connectivity index (χ1v) is 5.28. The van der Waals surface area contributed by atoms with Crippen LogP contribution in [0.5, 0.6) is 0 Å². The Hall–Kier alpha value is -1.17. The molecule has 0 bridgehead atoms. The first-order chi connectivity index (χ1) is 8.01. The van der Waals surface area contributed by atoms with Crippen molar-refractivity contribution in [2.75, 3.05) is 13.7 Å². The standard InChI is InChI=1S/C11H13ClFNO3/c1-17-5-6-2-7(8(4-14)11(15)16)10(13)9(12)3-6/h2-3,8H,4-5,14H2,1H3,(H,15,16). The van der Waals surface area contributed by atoms with Gasteiger partial charge < -0.3 is 15.6 Å². The van der Waals surface area contributed by atoms with Crippen LogP contribution in [-0.4, -0.2) is 24.7 Å². The number of nitrogens with two attached hydrogens (primary N) is 1. The van der Waals surface area contributed by atoms with Crippen LogP contribution in [0.4, 0.5) is 4.39 Å². The SMILES string of the molecule is COCc1cc(Cl)c(F)c(C(CN)C(=O)O)c1. The number of hydrogen-bond donors (Lipinski definition) is 2. The third-order valence-corrected chi connectivity index (χ3v) is 2.61. The van der Waals surface area contributed by atoms with Crippen LogP contribution in [0.25, 0.3) is 0 Å². The summed E-state index contributed by atoms with van der Waals surface area (Å²) in [5.74, 6) is -3.04. The zero-order chi connectivity index (χ0) is 13.0. The molecule has 17 heavy (non-hydrogen) atoms. The van der Waals surface area contributed by atoms with Gasteiger partial charge in [0.2, 0.25) is 0 Å². The number of carboxylic acid groups (broad SMARTS) is 1. The van der Waals surface area contributed by atoms with Gasteiger partial charge in [-0.25, -0.2) is 4.39 Å². The van der Waals surface area contributed by atoms with E-state index in [9.17, 15) is 9.18 Å². The van der Waals surface area contributed by atoms with Gasteiger partial charge in [0.15, 0.2) is 0 Å². The molecular formula is C11H13ClFNO3. The number of ether oxygens (including phenoxy) is 1. The maximum Gasteiger partial charge on any atom is 0.312 e. The minimum absolute atomic E-state index is 0.0143. The normalized spacial score (nSPS) is 12.5. The van der Waals surface area contributed by atoms with Crippen molar-refractivity contribution in [3.05, 3.63) is 34.1 Å². The summed E-state index contributed by atoms with van der Waals surface area (Å²) in [6.07, 6.45) is 0. The molecule has 0 aliphatic carbocycles. The molecule has 1 rings (SSSR count). The van der Waals surface area contributed by atoms with Gasteiger partial charge in [-0.3, -0.25) is 4.79 Å². The summed E-state index contributed by atoms with van der Waals surface area (Å²) < 4.78 is 18.6. The topological polar surface area (TPSA) is 72.5 Å². The molecule has 1 unspecified atom stereocenters. The molecule has 1 aromatic carbocycles. The molecule has 0 saturated heterocycles. The molecule has 0 saturated carbocycles. The van der Waals surface area contributed by atoms with E-state index in [0.717, 1.165) is 0 Å². The van der Waals surface area contributed by atoms with Gasteiger partial charge in [-0.05, 0) is 17.7 Å². The lowest BCUT2D eigenvalue weighted by atomic mass is 9.97. The predicted molar refractivity (Wildman–Crippen MR) is 61.6 cm³/mol. The lowest BCUT2D eigenvalue weighted by Crippen LogP contribution is -2.22. The molecular weight excluding hydrogens is 249 g/mol. The largest absolute Gasteiger partial charge is 0.481 e. The van der Waals surface area contributed by atoms with Crippen molar-refractivity contribution in [3.63, 3.8) is 0 Å². The summed E-state index contributed by atoms with van der Waals surface area (Å²) in [5.41, 5.74) is 5.92. The summed E-state index contributed by atoms with van der Waals surface area (Å²) in [7, 11) is 1.48. The number of rotatable bonds is 5. The highest BCUT2D eigenvalue weighted by Crippen LogP contribution is 2.27. The lowest BCUT2D eigenvalue weighted by molar-refractivity contribution is -0.138. The highest BCUT2D eigenvalue weighted by Gasteiger charge is 2.23. The fourth-order valence-electron chi connectivity index (χ4n) is 1.53. The molecule has 6 heteroatoms. The molecule has 1 atom stereocenters. The van der Waals surface area contributed by atoms with E-state index in [2.05, 4.69) is 0 Å². The number of carboxylic acids is 1. The number of hydrogen-bond acceptors (Lipinski definition) is 3. The Morgan fingerprint density at radius 3 is 2.76 bits per heavy atom. The van der Waals surface area contributed by atoms with Crippen LogP contribution in [0.2, 0.25) is 5.02 Å². The Morgan fingerprint density at radius 1 is 1.65 bits per heavy atom. The Labute approximate surface area is 103 Å². The van der Waals surface area contributed by atoms with Gasteiger partial charge in [-0.2, -0.15) is 0 Å². The van der Waals surface area contributed by atoms with E-state index in [1.807, 2.05) is 0 Å². The summed E-state index contributed by atoms with van der Waals surface area (Å²) in [6, 6.07) is 2.82. The monoisotopic (exact) mass is 261 g/mol. The van der Waals surface area contributed by atoms with Crippen LogP contribution in [0.3, 0.4) is 0 Å². The highest BCUT2D eigenvalue weighted by molar-refractivity contribution is 6.30. The van der Waals surface area contributed by atoms with Gasteiger partial charge in [0, 0.05) is 19.2 Å². The first-order valence-electron chi connectivity index (χ1n) is 4.90. The second-order valence-electron chi connectivity index (χ2n) is 3.54. The molecule has 4 nitrogen and oxygen atoms in total. The quantitative estimate of drug-likeness (QED) is 0.847. The maximum absolute atomic E-state index is 13.7. The summed E-state index contributed by atoms with van der Waals surface area (Å²) in [4.78, 5) is 10.9. The summed E-state index contributed by atoms with van der Waals surface area (Å²) >= 11 is 5.70. The van der Waals surface area contributed by atoms with Crippen LogP contribution in [0.1, 0.15) is 17.0 Å². The van der Waals surface area contributed by atoms with Crippen molar-refractivity contribution >= 4 is 17.6 Å². The molecule has 0 radical (unpaired) electrons. The predicted octanol–water partition coefficient (Wildman–Crippen LogP) is 1.75. The second-order valence-corrected chi connectivity index (χ2v) is 3.95.